The Balaban J connectivity index is 1.71. The molecule has 0 saturated heterocycles. The molecule has 0 atom stereocenters. The van der Waals surface area contributed by atoms with Crippen LogP contribution in [0.4, 0.5) is 0 Å². The third-order valence-electron chi connectivity index (χ3n) is 4.62. The summed E-state index contributed by atoms with van der Waals surface area (Å²) in [5, 5.41) is 1.04. The second-order valence-electron chi connectivity index (χ2n) is 6.47. The maximum atomic E-state index is 12.8. The minimum Gasteiger partial charge on any atom is -0.483 e. The van der Waals surface area contributed by atoms with E-state index < -0.39 is 5.91 Å². The van der Waals surface area contributed by atoms with Gasteiger partial charge in [0.15, 0.2) is 12.4 Å². The van der Waals surface area contributed by atoms with Gasteiger partial charge < -0.3 is 19.8 Å². The zero-order valence-electron chi connectivity index (χ0n) is 15.0. The Morgan fingerprint density at radius 3 is 2.81 bits per heavy atom. The summed E-state index contributed by atoms with van der Waals surface area (Å²) in [6.45, 7) is 1.55. The Bertz CT molecular complexity index is 1120. The molecule has 0 radical (unpaired) electrons. The Labute approximate surface area is 155 Å². The van der Waals surface area contributed by atoms with E-state index in [9.17, 15) is 9.59 Å². The van der Waals surface area contributed by atoms with Gasteiger partial charge in [0, 0.05) is 35.3 Å². The highest BCUT2D eigenvalue weighted by Gasteiger charge is 2.30. The van der Waals surface area contributed by atoms with Crippen LogP contribution in [-0.2, 0) is 11.8 Å². The van der Waals surface area contributed by atoms with Gasteiger partial charge in [-0.25, -0.2) is 0 Å². The fraction of sp³-hybridized carbons (Fsp3) is 0.143. The molecule has 0 bridgehead atoms. The van der Waals surface area contributed by atoms with Gasteiger partial charge in [0.2, 0.25) is 5.78 Å². The van der Waals surface area contributed by atoms with Gasteiger partial charge >= 0.3 is 0 Å². The maximum Gasteiger partial charge on any atom is 0.255 e. The van der Waals surface area contributed by atoms with Gasteiger partial charge in [-0.05, 0) is 31.2 Å². The molecule has 1 aromatic heterocycles. The van der Waals surface area contributed by atoms with Gasteiger partial charge in [-0.3, -0.25) is 9.59 Å². The lowest BCUT2D eigenvalue weighted by Gasteiger charge is -2.09. The van der Waals surface area contributed by atoms with Crippen molar-refractivity contribution in [1.82, 2.24) is 4.57 Å². The number of rotatable bonds is 4. The number of para-hydroxylation sites is 1. The van der Waals surface area contributed by atoms with E-state index in [4.69, 9.17) is 15.2 Å². The topological polar surface area (TPSA) is 83.5 Å². The highest BCUT2D eigenvalue weighted by molar-refractivity contribution is 6.15. The molecule has 27 heavy (non-hydrogen) atoms. The Morgan fingerprint density at radius 2 is 2.04 bits per heavy atom. The van der Waals surface area contributed by atoms with E-state index in [1.54, 1.807) is 25.1 Å². The van der Waals surface area contributed by atoms with Crippen molar-refractivity contribution in [2.45, 2.75) is 6.92 Å². The van der Waals surface area contributed by atoms with Crippen molar-refractivity contribution in [2.75, 3.05) is 6.61 Å². The number of hydrogen-bond acceptors (Lipinski definition) is 4. The first-order valence-electron chi connectivity index (χ1n) is 8.48. The second-order valence-corrected chi connectivity index (χ2v) is 6.47. The van der Waals surface area contributed by atoms with Crippen molar-refractivity contribution in [3.05, 3.63) is 65.0 Å². The lowest BCUT2D eigenvalue weighted by atomic mass is 10.1. The zero-order chi connectivity index (χ0) is 19.1. The SMILES string of the molecule is Cc1c(OCC(N)=O)ccc2c1OC(=Cc1cn(C)c3ccccc13)C2=O. The highest BCUT2D eigenvalue weighted by Crippen LogP contribution is 2.39. The molecule has 0 saturated carbocycles. The summed E-state index contributed by atoms with van der Waals surface area (Å²) in [7, 11) is 1.96. The largest absolute Gasteiger partial charge is 0.483 e. The summed E-state index contributed by atoms with van der Waals surface area (Å²) in [6.07, 6.45) is 3.72. The number of nitrogens with zero attached hydrogens (tertiary/aromatic N) is 1. The number of primary amides is 1. The number of fused-ring (bicyclic) bond motifs is 2. The van der Waals surface area contributed by atoms with Gasteiger partial charge in [-0.2, -0.15) is 0 Å². The standard InChI is InChI=1S/C21H18N2O4/c1-12-17(26-11-19(22)24)8-7-15-20(25)18(27-21(12)15)9-13-10-23(2)16-6-4-3-5-14(13)16/h3-10H,11H2,1-2H3,(H2,22,24). The van der Waals surface area contributed by atoms with Gasteiger partial charge in [0.05, 0.1) is 5.56 Å². The van der Waals surface area contributed by atoms with E-state index in [1.165, 1.54) is 0 Å². The number of nitrogens with two attached hydrogens (primary N) is 1. The third-order valence-corrected chi connectivity index (χ3v) is 4.62. The number of hydrogen-bond donors (Lipinski definition) is 1. The van der Waals surface area contributed by atoms with Crippen LogP contribution in [0.5, 0.6) is 11.5 Å². The number of amides is 1. The normalized spacial score (nSPS) is 14.4. The molecule has 1 aliphatic heterocycles. The maximum absolute atomic E-state index is 12.8. The van der Waals surface area contributed by atoms with E-state index >= 15 is 0 Å². The zero-order valence-corrected chi connectivity index (χ0v) is 15.0. The molecule has 0 fully saturated rings. The summed E-state index contributed by atoms with van der Waals surface area (Å²) in [6, 6.07) is 11.3. The van der Waals surface area contributed by atoms with Crippen LogP contribution >= 0.6 is 0 Å². The monoisotopic (exact) mass is 362 g/mol. The molecule has 2 N–H and O–H groups in total. The molecule has 0 unspecified atom stereocenters. The Kier molecular flexibility index (Phi) is 3.96. The van der Waals surface area contributed by atoms with Crippen LogP contribution in [0.1, 0.15) is 21.5 Å². The molecule has 6 heteroatoms. The van der Waals surface area contributed by atoms with Crippen LogP contribution in [0, 0.1) is 6.92 Å². The minimum absolute atomic E-state index is 0.178. The van der Waals surface area contributed by atoms with Crippen LogP contribution in [0.15, 0.2) is 48.4 Å². The molecule has 4 rings (SSSR count). The lowest BCUT2D eigenvalue weighted by Crippen LogP contribution is -2.20. The number of benzene rings is 2. The van der Waals surface area contributed by atoms with E-state index in [0.29, 0.717) is 22.6 Å². The number of aryl methyl sites for hydroxylation is 1. The number of carbonyl (C=O) groups is 2. The van der Waals surface area contributed by atoms with Crippen molar-refractivity contribution in [3.8, 4) is 11.5 Å². The van der Waals surface area contributed by atoms with E-state index in [0.717, 1.165) is 16.5 Å². The molecular weight excluding hydrogens is 344 g/mol. The number of allylic oxidation sites excluding steroid dienone is 1. The molecule has 2 aromatic carbocycles. The van der Waals surface area contributed by atoms with Crippen molar-refractivity contribution in [1.29, 1.82) is 0 Å². The van der Waals surface area contributed by atoms with Crippen molar-refractivity contribution >= 4 is 28.7 Å². The number of carbonyl (C=O) groups excluding carboxylic acids is 2. The number of Topliss-reactive ketones (excluding diaryl/α,β-unsaturated/α-hetero) is 1. The Hall–Kier alpha value is -3.54. The van der Waals surface area contributed by atoms with Gasteiger partial charge in [0.1, 0.15) is 11.5 Å². The minimum atomic E-state index is -0.566. The molecular formula is C21H18N2O4. The predicted molar refractivity (Wildman–Crippen MR) is 102 cm³/mol. The fourth-order valence-electron chi connectivity index (χ4n) is 3.30. The van der Waals surface area contributed by atoms with E-state index in [-0.39, 0.29) is 18.1 Å². The highest BCUT2D eigenvalue weighted by atomic mass is 16.5. The van der Waals surface area contributed by atoms with Crippen LogP contribution in [0.2, 0.25) is 0 Å². The van der Waals surface area contributed by atoms with Crippen molar-refractivity contribution in [3.63, 3.8) is 0 Å². The van der Waals surface area contributed by atoms with E-state index in [1.807, 2.05) is 42.1 Å². The lowest BCUT2D eigenvalue weighted by molar-refractivity contribution is -0.119. The molecule has 1 aliphatic rings. The molecule has 3 aromatic rings. The summed E-state index contributed by atoms with van der Waals surface area (Å²) < 4.78 is 13.3. The van der Waals surface area contributed by atoms with Crippen LogP contribution < -0.4 is 15.2 Å². The first kappa shape index (κ1) is 16.9. The molecule has 0 aliphatic carbocycles. The first-order valence-corrected chi connectivity index (χ1v) is 8.48. The fourth-order valence-corrected chi connectivity index (χ4v) is 3.30. The molecule has 2 heterocycles. The van der Waals surface area contributed by atoms with Crippen molar-refractivity contribution < 1.29 is 19.1 Å². The summed E-state index contributed by atoms with van der Waals surface area (Å²) in [5.41, 5.74) is 8.24. The van der Waals surface area contributed by atoms with Crippen LogP contribution in [0.25, 0.3) is 17.0 Å². The quantitative estimate of drug-likeness (QED) is 0.723. The molecule has 136 valence electrons. The van der Waals surface area contributed by atoms with Gasteiger partial charge in [-0.1, -0.05) is 18.2 Å². The average molecular weight is 362 g/mol. The number of ketones is 1. The van der Waals surface area contributed by atoms with Gasteiger partial charge in [-0.15, -0.1) is 0 Å². The number of aromatic nitrogens is 1. The van der Waals surface area contributed by atoms with Crippen LogP contribution in [-0.4, -0.2) is 22.9 Å². The van der Waals surface area contributed by atoms with Crippen LogP contribution in [0.3, 0.4) is 0 Å². The Morgan fingerprint density at radius 1 is 1.26 bits per heavy atom. The van der Waals surface area contributed by atoms with Crippen molar-refractivity contribution in [2.24, 2.45) is 12.8 Å². The summed E-state index contributed by atoms with van der Waals surface area (Å²) >= 11 is 0. The summed E-state index contributed by atoms with van der Waals surface area (Å²) in [4.78, 5) is 23.7. The summed E-state index contributed by atoms with van der Waals surface area (Å²) in [5.74, 6) is 0.433. The third kappa shape index (κ3) is 2.85. The first-order chi connectivity index (χ1) is 13.0. The molecule has 1 amide bonds. The second kappa shape index (κ2) is 6.32. The average Bonchev–Trinajstić information content (AvgIpc) is 3.13. The molecule has 6 nitrogen and oxygen atoms in total. The number of ether oxygens (including phenoxy) is 2. The predicted octanol–water partition coefficient (Wildman–Crippen LogP) is 2.97. The van der Waals surface area contributed by atoms with Gasteiger partial charge in [0.25, 0.3) is 5.91 Å². The molecule has 0 spiro atoms. The van der Waals surface area contributed by atoms with E-state index in [2.05, 4.69) is 0 Å². The smallest absolute Gasteiger partial charge is 0.255 e.